The van der Waals surface area contributed by atoms with Gasteiger partial charge in [0.05, 0.1) is 11.4 Å². The van der Waals surface area contributed by atoms with Gasteiger partial charge in [-0.15, -0.1) is 0 Å². The van der Waals surface area contributed by atoms with Crippen LogP contribution in [-0.2, 0) is 4.79 Å². The first-order valence-corrected chi connectivity index (χ1v) is 6.59. The minimum Gasteiger partial charge on any atom is -0.348 e. The monoisotopic (exact) mass is 315 g/mol. The van der Waals surface area contributed by atoms with Crippen LogP contribution in [0.2, 0.25) is 10.3 Å². The van der Waals surface area contributed by atoms with Gasteiger partial charge in [-0.3, -0.25) is 9.59 Å². The van der Waals surface area contributed by atoms with Crippen molar-refractivity contribution in [3.63, 3.8) is 0 Å². The van der Waals surface area contributed by atoms with Crippen molar-refractivity contribution in [2.45, 2.75) is 18.9 Å². The Hall–Kier alpha value is -1.66. The molecule has 1 aliphatic rings. The van der Waals surface area contributed by atoms with Crippen LogP contribution in [-0.4, -0.2) is 15.9 Å². The number of pyridine rings is 2. The van der Waals surface area contributed by atoms with Gasteiger partial charge in [0, 0.05) is 17.5 Å². The van der Waals surface area contributed by atoms with Gasteiger partial charge in [-0.05, 0) is 12.5 Å². The van der Waals surface area contributed by atoms with Gasteiger partial charge in [0.2, 0.25) is 5.91 Å². The number of aromatic nitrogens is 2. The van der Waals surface area contributed by atoms with Crippen molar-refractivity contribution >= 4 is 39.9 Å². The molecule has 1 aliphatic heterocycles. The highest BCUT2D eigenvalue weighted by Crippen LogP contribution is 2.29. The van der Waals surface area contributed by atoms with E-state index in [2.05, 4.69) is 15.3 Å². The fourth-order valence-electron chi connectivity index (χ4n) is 2.29. The molecule has 0 bridgehead atoms. The molecule has 1 unspecified atom stereocenters. The highest BCUT2D eigenvalue weighted by molar-refractivity contribution is 6.36. The summed E-state index contributed by atoms with van der Waals surface area (Å²) in [5.41, 5.74) is -0.141. The molecule has 1 saturated heterocycles. The summed E-state index contributed by atoms with van der Waals surface area (Å²) in [7, 11) is 0. The zero-order chi connectivity index (χ0) is 14.4. The second kappa shape index (κ2) is 4.71. The summed E-state index contributed by atoms with van der Waals surface area (Å²) >= 11 is 11.5. The summed E-state index contributed by atoms with van der Waals surface area (Å²) in [5, 5.41) is 2.09. The number of amides is 1. The molecule has 3 heterocycles. The zero-order valence-corrected chi connectivity index (χ0v) is 11.5. The van der Waals surface area contributed by atoms with E-state index in [1.54, 1.807) is 0 Å². The van der Waals surface area contributed by atoms with Crippen LogP contribution >= 0.6 is 23.2 Å². The lowest BCUT2D eigenvalue weighted by molar-refractivity contribution is -0.119. The second-order valence-corrected chi connectivity index (χ2v) is 5.22. The highest BCUT2D eigenvalue weighted by Gasteiger charge is 2.25. The summed E-state index contributed by atoms with van der Waals surface area (Å²) in [4.78, 5) is 29.4. The molecule has 8 heteroatoms. The van der Waals surface area contributed by atoms with E-state index in [4.69, 9.17) is 23.2 Å². The average molecular weight is 316 g/mol. The van der Waals surface area contributed by atoms with Gasteiger partial charge in [-0.2, -0.15) is 0 Å². The number of halogens is 3. The second-order valence-electron chi connectivity index (χ2n) is 4.51. The quantitative estimate of drug-likeness (QED) is 0.793. The maximum absolute atomic E-state index is 14.0. The molecule has 0 aromatic carbocycles. The van der Waals surface area contributed by atoms with Crippen LogP contribution in [0, 0.1) is 5.82 Å². The number of hydrogen-bond donors (Lipinski definition) is 2. The van der Waals surface area contributed by atoms with Gasteiger partial charge in [0.15, 0.2) is 11.0 Å². The molecule has 2 aromatic heterocycles. The van der Waals surface area contributed by atoms with Gasteiger partial charge in [0.1, 0.15) is 5.15 Å². The summed E-state index contributed by atoms with van der Waals surface area (Å²) in [5.74, 6) is -0.912. The highest BCUT2D eigenvalue weighted by atomic mass is 35.5. The minimum atomic E-state index is -0.803. The van der Waals surface area contributed by atoms with Crippen molar-refractivity contribution < 1.29 is 9.18 Å². The lowest BCUT2D eigenvalue weighted by Gasteiger charge is -2.12. The predicted octanol–water partition coefficient (Wildman–Crippen LogP) is 2.32. The lowest BCUT2D eigenvalue weighted by Crippen LogP contribution is -2.22. The summed E-state index contributed by atoms with van der Waals surface area (Å²) < 4.78 is 14.0. The van der Waals surface area contributed by atoms with E-state index >= 15 is 0 Å². The normalized spacial score (nSPS) is 18.6. The third-order valence-corrected chi connectivity index (χ3v) is 3.77. The van der Waals surface area contributed by atoms with Crippen LogP contribution in [0.1, 0.15) is 24.6 Å². The van der Waals surface area contributed by atoms with Gasteiger partial charge in [-0.25, -0.2) is 9.37 Å². The topological polar surface area (TPSA) is 74.8 Å². The van der Waals surface area contributed by atoms with Crippen LogP contribution in [0.3, 0.4) is 0 Å². The van der Waals surface area contributed by atoms with Gasteiger partial charge >= 0.3 is 0 Å². The minimum absolute atomic E-state index is 0.00472. The summed E-state index contributed by atoms with van der Waals surface area (Å²) in [6, 6.07) is 1.09. The Labute approximate surface area is 122 Å². The van der Waals surface area contributed by atoms with Crippen LogP contribution in [0.15, 0.2) is 10.9 Å². The Bertz CT molecular complexity index is 790. The molecule has 2 N–H and O–H groups in total. The molecule has 1 fully saturated rings. The van der Waals surface area contributed by atoms with Crippen molar-refractivity contribution in [2.75, 3.05) is 0 Å². The largest absolute Gasteiger partial charge is 0.348 e. The van der Waals surface area contributed by atoms with E-state index in [0.717, 1.165) is 0 Å². The number of fused-ring (bicyclic) bond motifs is 1. The molecular weight excluding hydrogens is 308 g/mol. The first kappa shape index (κ1) is 13.3. The van der Waals surface area contributed by atoms with E-state index < -0.39 is 16.5 Å². The van der Waals surface area contributed by atoms with E-state index in [9.17, 15) is 14.0 Å². The third kappa shape index (κ3) is 2.05. The third-order valence-electron chi connectivity index (χ3n) is 3.25. The molecule has 1 amide bonds. The van der Waals surface area contributed by atoms with Crippen molar-refractivity contribution in [2.24, 2.45) is 0 Å². The molecule has 1 atom stereocenters. The molecule has 104 valence electrons. The predicted molar refractivity (Wildman–Crippen MR) is 72.5 cm³/mol. The average Bonchev–Trinajstić information content (AvgIpc) is 2.82. The molecule has 0 spiro atoms. The van der Waals surface area contributed by atoms with E-state index in [-0.39, 0.29) is 27.9 Å². The number of carbonyl (C=O) groups is 1. The zero-order valence-electron chi connectivity index (χ0n) is 9.97. The standard InChI is InChI=1S/C12H8Cl2FN3O2/c13-10-8-4(9(15)11(14)18-10)3-6(17-12(8)20)5-1-2-7(19)16-5/h3,5H,1-2H2,(H,16,19)(H,17,20). The first-order valence-electron chi connectivity index (χ1n) is 5.84. The Morgan fingerprint density at radius 3 is 2.70 bits per heavy atom. The number of aromatic amines is 1. The molecular formula is C12H8Cl2FN3O2. The van der Waals surface area contributed by atoms with Crippen LogP contribution in [0.25, 0.3) is 10.8 Å². The van der Waals surface area contributed by atoms with Gasteiger partial charge in [0.25, 0.3) is 5.56 Å². The lowest BCUT2D eigenvalue weighted by atomic mass is 10.1. The first-order chi connectivity index (χ1) is 9.47. The van der Waals surface area contributed by atoms with Crippen LogP contribution < -0.4 is 10.9 Å². The Morgan fingerprint density at radius 1 is 1.30 bits per heavy atom. The molecule has 2 aromatic rings. The molecule has 3 rings (SSSR count). The van der Waals surface area contributed by atoms with Gasteiger partial charge < -0.3 is 10.3 Å². The molecule has 0 aliphatic carbocycles. The number of hydrogen-bond acceptors (Lipinski definition) is 3. The fourth-order valence-corrected chi connectivity index (χ4v) is 2.80. The smallest absolute Gasteiger partial charge is 0.259 e. The van der Waals surface area contributed by atoms with Crippen molar-refractivity contribution in [1.82, 2.24) is 15.3 Å². The van der Waals surface area contributed by atoms with Gasteiger partial charge in [-0.1, -0.05) is 23.2 Å². The number of nitrogens with one attached hydrogen (secondary N) is 2. The van der Waals surface area contributed by atoms with Crippen molar-refractivity contribution in [3.05, 3.63) is 38.2 Å². The van der Waals surface area contributed by atoms with Crippen molar-refractivity contribution in [3.8, 4) is 0 Å². The van der Waals surface area contributed by atoms with Crippen LogP contribution in [0.5, 0.6) is 0 Å². The van der Waals surface area contributed by atoms with E-state index in [1.807, 2.05) is 0 Å². The number of H-pyrrole nitrogens is 1. The molecule has 0 radical (unpaired) electrons. The summed E-state index contributed by atoms with van der Waals surface area (Å²) in [6.45, 7) is 0. The maximum atomic E-state index is 14.0. The molecule has 20 heavy (non-hydrogen) atoms. The summed E-state index contributed by atoms with van der Waals surface area (Å²) in [6.07, 6.45) is 0.902. The molecule has 0 saturated carbocycles. The number of nitrogens with zero attached hydrogens (tertiary/aromatic N) is 1. The maximum Gasteiger partial charge on any atom is 0.259 e. The SMILES string of the molecule is O=C1CCC(c2cc3c(F)c(Cl)nc(Cl)c3c(=O)[nH]2)N1. The van der Waals surface area contributed by atoms with E-state index in [0.29, 0.717) is 18.5 Å². The van der Waals surface area contributed by atoms with Crippen molar-refractivity contribution in [1.29, 1.82) is 0 Å². The Kier molecular flexibility index (Phi) is 3.14. The molecule has 5 nitrogen and oxygen atoms in total. The fraction of sp³-hybridized carbons (Fsp3) is 0.250. The Morgan fingerprint density at radius 2 is 2.05 bits per heavy atom. The number of carbonyl (C=O) groups excluding carboxylic acids is 1. The van der Waals surface area contributed by atoms with E-state index in [1.165, 1.54) is 6.07 Å². The Balaban J connectivity index is 2.26. The van der Waals surface area contributed by atoms with Crippen LogP contribution in [0.4, 0.5) is 4.39 Å². The number of rotatable bonds is 1.